The van der Waals surface area contributed by atoms with Crippen LogP contribution in [0.15, 0.2) is 5.38 Å². The van der Waals surface area contributed by atoms with Crippen molar-refractivity contribution in [3.8, 4) is 0 Å². The van der Waals surface area contributed by atoms with Crippen molar-refractivity contribution in [2.24, 2.45) is 0 Å². The van der Waals surface area contributed by atoms with E-state index in [1.807, 2.05) is 18.7 Å². The van der Waals surface area contributed by atoms with E-state index in [-0.39, 0.29) is 16.5 Å². The van der Waals surface area contributed by atoms with Gasteiger partial charge in [0.2, 0.25) is 5.78 Å². The monoisotopic (exact) mass is 242 g/mol. The Kier molecular flexibility index (Phi) is 4.57. The molecule has 0 unspecified atom stereocenters. The third kappa shape index (κ3) is 3.11. The highest BCUT2D eigenvalue weighted by Crippen LogP contribution is 2.11. The molecule has 0 aliphatic carbocycles. The lowest BCUT2D eigenvalue weighted by Gasteiger charge is -2.15. The SMILES string of the molecule is CCN(CC)CC(=O)c1nc(C(=O)O)cs1. The molecule has 1 N–H and O–H groups in total. The topological polar surface area (TPSA) is 70.5 Å². The maximum atomic E-state index is 11.7. The van der Waals surface area contributed by atoms with Crippen molar-refractivity contribution >= 4 is 23.1 Å². The molecule has 5 nitrogen and oxygen atoms in total. The molecular formula is C10H14N2O3S. The summed E-state index contributed by atoms with van der Waals surface area (Å²) in [5.74, 6) is -1.22. The van der Waals surface area contributed by atoms with E-state index < -0.39 is 5.97 Å². The molecule has 0 aromatic carbocycles. The minimum atomic E-state index is -1.10. The van der Waals surface area contributed by atoms with Crippen LogP contribution < -0.4 is 0 Å². The summed E-state index contributed by atoms with van der Waals surface area (Å²) >= 11 is 1.08. The van der Waals surface area contributed by atoms with Crippen molar-refractivity contribution in [3.63, 3.8) is 0 Å². The second kappa shape index (κ2) is 5.72. The highest BCUT2D eigenvalue weighted by Gasteiger charge is 2.16. The van der Waals surface area contributed by atoms with Crippen molar-refractivity contribution in [1.82, 2.24) is 9.88 Å². The van der Waals surface area contributed by atoms with E-state index in [9.17, 15) is 9.59 Å². The van der Waals surface area contributed by atoms with Crippen LogP contribution in [-0.2, 0) is 0 Å². The van der Waals surface area contributed by atoms with Crippen molar-refractivity contribution in [1.29, 1.82) is 0 Å². The second-order valence-corrected chi connectivity index (χ2v) is 4.09. The van der Waals surface area contributed by atoms with Gasteiger partial charge in [0.25, 0.3) is 0 Å². The third-order valence-corrected chi connectivity index (χ3v) is 3.11. The minimum absolute atomic E-state index is 0.0621. The molecule has 88 valence electrons. The Morgan fingerprint density at radius 1 is 1.44 bits per heavy atom. The number of carboxylic acids is 1. The fourth-order valence-electron chi connectivity index (χ4n) is 1.22. The molecule has 16 heavy (non-hydrogen) atoms. The fourth-order valence-corrected chi connectivity index (χ4v) is 1.94. The van der Waals surface area contributed by atoms with Gasteiger partial charge in [0, 0.05) is 5.38 Å². The van der Waals surface area contributed by atoms with Crippen LogP contribution in [0.2, 0.25) is 0 Å². The number of carbonyl (C=O) groups excluding carboxylic acids is 1. The molecule has 6 heteroatoms. The largest absolute Gasteiger partial charge is 0.476 e. The fraction of sp³-hybridized carbons (Fsp3) is 0.500. The van der Waals surface area contributed by atoms with E-state index in [1.165, 1.54) is 5.38 Å². The van der Waals surface area contributed by atoms with Crippen LogP contribution in [0, 0.1) is 0 Å². The highest BCUT2D eigenvalue weighted by atomic mass is 32.1. The second-order valence-electron chi connectivity index (χ2n) is 3.23. The number of rotatable bonds is 6. The number of hydrogen-bond acceptors (Lipinski definition) is 5. The van der Waals surface area contributed by atoms with Crippen LogP contribution in [-0.4, -0.2) is 46.4 Å². The Hall–Kier alpha value is -1.27. The predicted molar refractivity (Wildman–Crippen MR) is 61.2 cm³/mol. The van der Waals surface area contributed by atoms with Gasteiger partial charge in [-0.3, -0.25) is 9.69 Å². The lowest BCUT2D eigenvalue weighted by atomic mass is 10.3. The van der Waals surface area contributed by atoms with Gasteiger partial charge in [-0.15, -0.1) is 11.3 Å². The zero-order valence-corrected chi connectivity index (χ0v) is 10.1. The first-order valence-corrected chi connectivity index (χ1v) is 5.90. The zero-order chi connectivity index (χ0) is 12.1. The standard InChI is InChI=1S/C10H14N2O3S/c1-3-12(4-2)5-8(13)9-11-7(6-16-9)10(14)15/h6H,3-5H2,1-2H3,(H,14,15). The first kappa shape index (κ1) is 12.8. The third-order valence-electron chi connectivity index (χ3n) is 2.22. The molecule has 0 saturated carbocycles. The molecule has 0 saturated heterocycles. The van der Waals surface area contributed by atoms with Gasteiger partial charge in [-0.1, -0.05) is 13.8 Å². The van der Waals surface area contributed by atoms with E-state index in [0.717, 1.165) is 24.4 Å². The van der Waals surface area contributed by atoms with Crippen LogP contribution >= 0.6 is 11.3 Å². The number of aromatic carboxylic acids is 1. The minimum Gasteiger partial charge on any atom is -0.476 e. The van der Waals surface area contributed by atoms with Crippen LogP contribution in [0.5, 0.6) is 0 Å². The summed E-state index contributed by atoms with van der Waals surface area (Å²) in [5, 5.41) is 10.3. The van der Waals surface area contributed by atoms with E-state index in [4.69, 9.17) is 5.11 Å². The molecule has 0 fully saturated rings. The summed E-state index contributed by atoms with van der Waals surface area (Å²) < 4.78 is 0. The predicted octanol–water partition coefficient (Wildman–Crippen LogP) is 1.37. The van der Waals surface area contributed by atoms with Gasteiger partial charge in [-0.2, -0.15) is 0 Å². The molecule has 0 radical (unpaired) electrons. The average Bonchev–Trinajstić information content (AvgIpc) is 2.74. The molecule has 1 aromatic rings. The number of aromatic nitrogens is 1. The summed E-state index contributed by atoms with van der Waals surface area (Å²) in [6.45, 7) is 5.82. The summed E-state index contributed by atoms with van der Waals surface area (Å²) in [4.78, 5) is 28.1. The molecule has 0 aliphatic rings. The molecule has 0 spiro atoms. The van der Waals surface area contributed by atoms with Gasteiger partial charge in [0.1, 0.15) is 0 Å². The van der Waals surface area contributed by atoms with Crippen molar-refractivity contribution in [3.05, 3.63) is 16.1 Å². The molecule has 1 rings (SSSR count). The van der Waals surface area contributed by atoms with E-state index in [0.29, 0.717) is 6.54 Å². The van der Waals surface area contributed by atoms with Gasteiger partial charge in [0.15, 0.2) is 10.7 Å². The van der Waals surface area contributed by atoms with Crippen molar-refractivity contribution in [2.75, 3.05) is 19.6 Å². The maximum Gasteiger partial charge on any atom is 0.355 e. The molecule has 1 heterocycles. The number of nitrogens with zero attached hydrogens (tertiary/aromatic N) is 2. The van der Waals surface area contributed by atoms with E-state index in [1.54, 1.807) is 0 Å². The average molecular weight is 242 g/mol. The summed E-state index contributed by atoms with van der Waals surface area (Å²) in [6.07, 6.45) is 0. The summed E-state index contributed by atoms with van der Waals surface area (Å²) in [7, 11) is 0. The first-order valence-electron chi connectivity index (χ1n) is 5.02. The zero-order valence-electron chi connectivity index (χ0n) is 9.27. The van der Waals surface area contributed by atoms with Crippen molar-refractivity contribution < 1.29 is 14.7 Å². The van der Waals surface area contributed by atoms with Crippen LogP contribution in [0.3, 0.4) is 0 Å². The normalized spacial score (nSPS) is 10.7. The van der Waals surface area contributed by atoms with Gasteiger partial charge in [0.05, 0.1) is 6.54 Å². The van der Waals surface area contributed by atoms with Gasteiger partial charge < -0.3 is 5.11 Å². The van der Waals surface area contributed by atoms with Gasteiger partial charge in [-0.25, -0.2) is 9.78 Å². The number of Topliss-reactive ketones (excluding diaryl/α,β-unsaturated/α-hetero) is 1. The lowest BCUT2D eigenvalue weighted by molar-refractivity contribution is 0.0691. The van der Waals surface area contributed by atoms with E-state index in [2.05, 4.69) is 4.98 Å². The molecule has 0 atom stereocenters. The molecule has 0 bridgehead atoms. The molecule has 0 amide bonds. The van der Waals surface area contributed by atoms with Gasteiger partial charge >= 0.3 is 5.97 Å². The summed E-state index contributed by atoms with van der Waals surface area (Å²) in [6, 6.07) is 0. The maximum absolute atomic E-state index is 11.7. The Morgan fingerprint density at radius 2 is 2.06 bits per heavy atom. The van der Waals surface area contributed by atoms with Crippen LogP contribution in [0.25, 0.3) is 0 Å². The smallest absolute Gasteiger partial charge is 0.355 e. The Labute approximate surface area is 97.7 Å². The van der Waals surface area contributed by atoms with Crippen LogP contribution in [0.1, 0.15) is 34.1 Å². The first-order chi connectivity index (χ1) is 7.58. The number of likely N-dealkylation sites (N-methyl/N-ethyl adjacent to an activating group) is 1. The Balaban J connectivity index is 2.69. The summed E-state index contributed by atoms with van der Waals surface area (Å²) in [5.41, 5.74) is -0.0621. The number of hydrogen-bond donors (Lipinski definition) is 1. The molecular weight excluding hydrogens is 228 g/mol. The van der Waals surface area contributed by atoms with Crippen molar-refractivity contribution in [2.45, 2.75) is 13.8 Å². The van der Waals surface area contributed by atoms with E-state index >= 15 is 0 Å². The number of thiazole rings is 1. The number of carboxylic acid groups (broad SMARTS) is 1. The number of carbonyl (C=O) groups is 2. The lowest BCUT2D eigenvalue weighted by Crippen LogP contribution is -2.29. The Bertz CT molecular complexity index is 385. The number of ketones is 1. The van der Waals surface area contributed by atoms with Crippen LogP contribution in [0.4, 0.5) is 0 Å². The highest BCUT2D eigenvalue weighted by molar-refractivity contribution is 7.12. The quantitative estimate of drug-likeness (QED) is 0.763. The Morgan fingerprint density at radius 3 is 2.50 bits per heavy atom. The molecule has 0 aliphatic heterocycles. The molecule has 1 aromatic heterocycles. The van der Waals surface area contributed by atoms with Gasteiger partial charge in [-0.05, 0) is 13.1 Å².